The molecule has 5 nitrogen and oxygen atoms in total. The van der Waals surface area contributed by atoms with Crippen LogP contribution < -0.4 is 15.4 Å². The number of halogens is 1. The van der Waals surface area contributed by atoms with Crippen LogP contribution in [0.1, 0.15) is 30.6 Å². The lowest BCUT2D eigenvalue weighted by Gasteiger charge is -2.13. The Labute approximate surface area is 160 Å². The van der Waals surface area contributed by atoms with E-state index in [4.69, 9.17) is 17.0 Å². The van der Waals surface area contributed by atoms with Crippen molar-refractivity contribution in [2.24, 2.45) is 0 Å². The third-order valence-electron chi connectivity index (χ3n) is 3.20. The van der Waals surface area contributed by atoms with Gasteiger partial charge in [0.05, 0.1) is 6.10 Å². The van der Waals surface area contributed by atoms with E-state index in [9.17, 15) is 4.79 Å². The molecule has 1 heterocycles. The molecule has 126 valence electrons. The van der Waals surface area contributed by atoms with E-state index < -0.39 is 0 Å². The molecular formula is C17H18IN3O2S. The molecule has 0 saturated carbocycles. The first kappa shape index (κ1) is 18.6. The molecule has 0 aliphatic carbocycles. The van der Waals surface area contributed by atoms with E-state index in [0.717, 1.165) is 9.99 Å². The van der Waals surface area contributed by atoms with E-state index in [1.807, 2.05) is 26.0 Å². The number of hydrogen-bond acceptors (Lipinski definition) is 4. The van der Waals surface area contributed by atoms with Gasteiger partial charge in [-0.15, -0.1) is 0 Å². The minimum Gasteiger partial charge on any atom is -0.491 e. The van der Waals surface area contributed by atoms with Crippen molar-refractivity contribution in [1.82, 2.24) is 10.3 Å². The predicted molar refractivity (Wildman–Crippen MR) is 107 cm³/mol. The minimum absolute atomic E-state index is 0.0954. The van der Waals surface area contributed by atoms with Crippen LogP contribution in [0.5, 0.6) is 5.75 Å². The number of amides is 1. The molecule has 1 amide bonds. The SMILES string of the molecule is CC[C@@H](C)Oc1cccc(C(=O)NC(=S)Nc2ccc(I)cn2)c1. The molecule has 0 bridgehead atoms. The van der Waals surface area contributed by atoms with Gasteiger partial charge in [-0.2, -0.15) is 0 Å². The Hall–Kier alpha value is -1.74. The predicted octanol–water partition coefficient (Wildman–Crippen LogP) is 3.99. The lowest BCUT2D eigenvalue weighted by Crippen LogP contribution is -2.34. The summed E-state index contributed by atoms with van der Waals surface area (Å²) < 4.78 is 6.75. The Kier molecular flexibility index (Phi) is 6.92. The first-order chi connectivity index (χ1) is 11.5. The van der Waals surface area contributed by atoms with Crippen LogP contribution in [0.4, 0.5) is 5.82 Å². The van der Waals surface area contributed by atoms with Crippen molar-refractivity contribution in [3.63, 3.8) is 0 Å². The van der Waals surface area contributed by atoms with Gasteiger partial charge in [-0.25, -0.2) is 4.98 Å². The Morgan fingerprint density at radius 3 is 2.83 bits per heavy atom. The summed E-state index contributed by atoms with van der Waals surface area (Å²) in [4.78, 5) is 16.5. The number of aromatic nitrogens is 1. The van der Waals surface area contributed by atoms with Gasteiger partial charge in [0.15, 0.2) is 5.11 Å². The third-order valence-corrected chi connectivity index (χ3v) is 4.05. The van der Waals surface area contributed by atoms with Crippen LogP contribution in [0.2, 0.25) is 0 Å². The molecule has 0 unspecified atom stereocenters. The van der Waals surface area contributed by atoms with Crippen LogP contribution in [0.3, 0.4) is 0 Å². The maximum Gasteiger partial charge on any atom is 0.257 e. The van der Waals surface area contributed by atoms with Crippen LogP contribution in [0.25, 0.3) is 0 Å². The second-order valence-corrected chi connectivity index (χ2v) is 6.79. The number of nitrogens with one attached hydrogen (secondary N) is 2. The summed E-state index contributed by atoms with van der Waals surface area (Å²) >= 11 is 7.32. The quantitative estimate of drug-likeness (QED) is 0.528. The number of nitrogens with zero attached hydrogens (tertiary/aromatic N) is 1. The Morgan fingerprint density at radius 2 is 2.17 bits per heavy atom. The highest BCUT2D eigenvalue weighted by Gasteiger charge is 2.10. The molecule has 7 heteroatoms. The number of ether oxygens (including phenoxy) is 1. The van der Waals surface area contributed by atoms with Crippen molar-refractivity contribution in [3.05, 3.63) is 51.7 Å². The van der Waals surface area contributed by atoms with E-state index in [2.05, 4.69) is 38.2 Å². The fraction of sp³-hybridized carbons (Fsp3) is 0.235. The summed E-state index contributed by atoms with van der Waals surface area (Å²) in [5, 5.41) is 5.71. The first-order valence-corrected chi connectivity index (χ1v) is 8.97. The molecule has 0 aliphatic rings. The first-order valence-electron chi connectivity index (χ1n) is 7.48. The van der Waals surface area contributed by atoms with Crippen molar-refractivity contribution < 1.29 is 9.53 Å². The van der Waals surface area contributed by atoms with Gasteiger partial charge in [-0.1, -0.05) is 13.0 Å². The summed E-state index contributed by atoms with van der Waals surface area (Å²) in [5.74, 6) is 0.942. The second kappa shape index (κ2) is 8.93. The maximum atomic E-state index is 12.3. The Morgan fingerprint density at radius 1 is 1.38 bits per heavy atom. The lowest BCUT2D eigenvalue weighted by atomic mass is 10.2. The number of rotatable bonds is 5. The number of hydrogen-bond donors (Lipinski definition) is 2. The van der Waals surface area contributed by atoms with E-state index in [1.165, 1.54) is 0 Å². The number of pyridine rings is 1. The minimum atomic E-state index is -0.299. The molecular weight excluding hydrogens is 437 g/mol. The number of carbonyl (C=O) groups excluding carboxylic acids is 1. The van der Waals surface area contributed by atoms with Gasteiger partial charge in [0, 0.05) is 15.3 Å². The summed E-state index contributed by atoms with van der Waals surface area (Å²) in [6.07, 6.45) is 2.70. The summed E-state index contributed by atoms with van der Waals surface area (Å²) in [5.41, 5.74) is 0.482. The number of benzene rings is 1. The normalized spacial score (nSPS) is 11.5. The zero-order valence-corrected chi connectivity index (χ0v) is 16.3. The number of thiocarbonyl (C=S) groups is 1. The highest BCUT2D eigenvalue weighted by molar-refractivity contribution is 14.1. The summed E-state index contributed by atoms with van der Waals surface area (Å²) in [6.45, 7) is 4.03. The van der Waals surface area contributed by atoms with Crippen molar-refractivity contribution >= 4 is 51.6 Å². The average Bonchev–Trinajstić information content (AvgIpc) is 2.57. The molecule has 0 aliphatic heterocycles. The van der Waals surface area contributed by atoms with Gasteiger partial charge in [0.25, 0.3) is 5.91 Å². The van der Waals surface area contributed by atoms with Crippen LogP contribution in [0, 0.1) is 3.57 Å². The Balaban J connectivity index is 1.97. The monoisotopic (exact) mass is 455 g/mol. The van der Waals surface area contributed by atoms with Crippen molar-refractivity contribution in [2.75, 3.05) is 5.32 Å². The molecule has 1 aromatic carbocycles. The largest absolute Gasteiger partial charge is 0.491 e. The van der Waals surface area contributed by atoms with Crippen molar-refractivity contribution in [1.29, 1.82) is 0 Å². The zero-order valence-electron chi connectivity index (χ0n) is 13.4. The van der Waals surface area contributed by atoms with Crippen molar-refractivity contribution in [3.8, 4) is 5.75 Å². The molecule has 2 aromatic rings. The van der Waals surface area contributed by atoms with Gasteiger partial charge in [-0.05, 0) is 78.5 Å². The summed E-state index contributed by atoms with van der Waals surface area (Å²) in [6, 6.07) is 10.7. The molecule has 1 aromatic heterocycles. The van der Waals surface area contributed by atoms with Gasteiger partial charge >= 0.3 is 0 Å². The van der Waals surface area contributed by atoms with Crippen LogP contribution in [-0.2, 0) is 0 Å². The smallest absolute Gasteiger partial charge is 0.257 e. The molecule has 0 radical (unpaired) electrons. The van der Waals surface area contributed by atoms with Crippen LogP contribution in [0.15, 0.2) is 42.6 Å². The van der Waals surface area contributed by atoms with Crippen molar-refractivity contribution in [2.45, 2.75) is 26.4 Å². The fourth-order valence-electron chi connectivity index (χ4n) is 1.80. The lowest BCUT2D eigenvalue weighted by molar-refractivity contribution is 0.0977. The van der Waals surface area contributed by atoms with Gasteiger partial charge in [0.1, 0.15) is 11.6 Å². The van der Waals surface area contributed by atoms with Gasteiger partial charge < -0.3 is 10.1 Å². The highest BCUT2D eigenvalue weighted by atomic mass is 127. The average molecular weight is 455 g/mol. The maximum absolute atomic E-state index is 12.3. The molecule has 0 saturated heterocycles. The summed E-state index contributed by atoms with van der Waals surface area (Å²) in [7, 11) is 0. The third kappa shape index (κ3) is 5.72. The molecule has 1 atom stereocenters. The van der Waals surface area contributed by atoms with Crippen LogP contribution >= 0.6 is 34.8 Å². The number of carbonyl (C=O) groups is 1. The number of anilines is 1. The van der Waals surface area contributed by atoms with Gasteiger partial charge in [0.2, 0.25) is 0 Å². The van der Waals surface area contributed by atoms with E-state index in [-0.39, 0.29) is 17.1 Å². The topological polar surface area (TPSA) is 63.2 Å². The molecule has 0 spiro atoms. The van der Waals surface area contributed by atoms with E-state index in [1.54, 1.807) is 30.5 Å². The second-order valence-electron chi connectivity index (χ2n) is 5.13. The molecule has 2 N–H and O–H groups in total. The van der Waals surface area contributed by atoms with Crippen LogP contribution in [-0.4, -0.2) is 22.1 Å². The van der Waals surface area contributed by atoms with E-state index in [0.29, 0.717) is 17.1 Å². The molecule has 0 fully saturated rings. The highest BCUT2D eigenvalue weighted by Crippen LogP contribution is 2.16. The fourth-order valence-corrected chi connectivity index (χ4v) is 2.32. The Bertz CT molecular complexity index is 722. The zero-order chi connectivity index (χ0) is 17.5. The standard InChI is InChI=1S/C17H18IN3O2S/c1-3-11(2)23-14-6-4-5-12(9-14)16(22)21-17(24)20-15-8-7-13(18)10-19-15/h4-11H,3H2,1-2H3,(H2,19,20,21,22,24)/t11-/m1/s1. The molecule has 2 rings (SSSR count). The molecule has 24 heavy (non-hydrogen) atoms. The van der Waals surface area contributed by atoms with E-state index >= 15 is 0 Å². The van der Waals surface area contributed by atoms with Gasteiger partial charge in [-0.3, -0.25) is 10.1 Å².